The van der Waals surface area contributed by atoms with Crippen LogP contribution in [0.15, 0.2) is 18.3 Å². The van der Waals surface area contributed by atoms with Crippen molar-refractivity contribution in [3.63, 3.8) is 0 Å². The maximum Gasteiger partial charge on any atom is 0.0587 e. The Hall–Kier alpha value is -1.13. The Kier molecular flexibility index (Phi) is 5.61. The fourth-order valence-electron chi connectivity index (χ4n) is 2.74. The van der Waals surface area contributed by atoms with Gasteiger partial charge >= 0.3 is 0 Å². The average molecular weight is 263 g/mol. The summed E-state index contributed by atoms with van der Waals surface area (Å²) in [4.78, 5) is 6.83. The van der Waals surface area contributed by atoms with Crippen molar-refractivity contribution in [2.45, 2.75) is 45.2 Å². The molecule has 1 saturated heterocycles. The molecule has 2 heterocycles. The summed E-state index contributed by atoms with van der Waals surface area (Å²) < 4.78 is 0. The number of hydrogen-bond acceptors (Lipinski definition) is 4. The van der Waals surface area contributed by atoms with E-state index in [9.17, 15) is 5.11 Å². The number of hydrogen-bond donors (Lipinski definition) is 2. The van der Waals surface area contributed by atoms with Crippen LogP contribution in [-0.2, 0) is 6.54 Å². The zero-order valence-corrected chi connectivity index (χ0v) is 11.8. The molecule has 1 aromatic heterocycles. The lowest BCUT2D eigenvalue weighted by molar-refractivity contribution is 0.117. The zero-order chi connectivity index (χ0) is 13.5. The largest absolute Gasteiger partial charge is 0.395 e. The molecule has 4 heteroatoms. The van der Waals surface area contributed by atoms with Gasteiger partial charge in [-0.25, -0.2) is 0 Å². The minimum atomic E-state index is 0.257. The highest BCUT2D eigenvalue weighted by molar-refractivity contribution is 5.42. The molecule has 0 aromatic carbocycles. The molecule has 1 aromatic rings. The van der Waals surface area contributed by atoms with Crippen molar-refractivity contribution in [2.24, 2.45) is 0 Å². The third-order valence-electron chi connectivity index (χ3n) is 3.77. The van der Waals surface area contributed by atoms with Crippen LogP contribution in [0.4, 0.5) is 5.69 Å². The maximum atomic E-state index is 9.53. The summed E-state index contributed by atoms with van der Waals surface area (Å²) in [6.07, 6.45) is 6.69. The van der Waals surface area contributed by atoms with E-state index in [0.717, 1.165) is 37.4 Å². The van der Waals surface area contributed by atoms with Crippen molar-refractivity contribution in [3.05, 3.63) is 24.0 Å². The minimum absolute atomic E-state index is 0.257. The van der Waals surface area contributed by atoms with Gasteiger partial charge in [0, 0.05) is 31.0 Å². The molecular weight excluding hydrogens is 238 g/mol. The summed E-state index contributed by atoms with van der Waals surface area (Å²) in [5.41, 5.74) is 2.21. The van der Waals surface area contributed by atoms with Crippen LogP contribution in [0.2, 0.25) is 0 Å². The van der Waals surface area contributed by atoms with E-state index in [1.807, 2.05) is 12.3 Å². The highest BCUT2D eigenvalue weighted by Gasteiger charge is 2.20. The van der Waals surface area contributed by atoms with E-state index in [0.29, 0.717) is 6.04 Å². The standard InChI is InChI=1S/C15H25N3O/c1-2-16-13-7-8-17-14(10-13)11-18-9-5-3-4-6-15(18)12-19/h7-8,10,15,19H,2-6,9,11-12H2,1H3,(H,16,17). The quantitative estimate of drug-likeness (QED) is 0.855. The Bertz CT molecular complexity index is 383. The van der Waals surface area contributed by atoms with E-state index in [2.05, 4.69) is 28.2 Å². The Labute approximate surface area is 115 Å². The number of aliphatic hydroxyl groups excluding tert-OH is 1. The monoisotopic (exact) mass is 263 g/mol. The van der Waals surface area contributed by atoms with Crippen molar-refractivity contribution in [2.75, 3.05) is 25.0 Å². The Morgan fingerprint density at radius 2 is 2.32 bits per heavy atom. The normalized spacial score (nSPS) is 21.1. The molecule has 2 rings (SSSR count). The predicted octanol–water partition coefficient (Wildman–Crippen LogP) is 2.25. The van der Waals surface area contributed by atoms with Crippen molar-refractivity contribution >= 4 is 5.69 Å². The van der Waals surface area contributed by atoms with E-state index < -0.39 is 0 Å². The van der Waals surface area contributed by atoms with Crippen LogP contribution in [0.25, 0.3) is 0 Å². The van der Waals surface area contributed by atoms with Crippen LogP contribution in [0.5, 0.6) is 0 Å². The summed E-state index contributed by atoms with van der Waals surface area (Å²) in [7, 11) is 0. The van der Waals surface area contributed by atoms with Gasteiger partial charge in [-0.2, -0.15) is 0 Å². The van der Waals surface area contributed by atoms with Gasteiger partial charge in [-0.1, -0.05) is 12.8 Å². The molecule has 0 bridgehead atoms. The third-order valence-corrected chi connectivity index (χ3v) is 3.77. The molecule has 0 spiro atoms. The number of likely N-dealkylation sites (tertiary alicyclic amines) is 1. The number of aliphatic hydroxyl groups is 1. The van der Waals surface area contributed by atoms with E-state index in [1.165, 1.54) is 19.3 Å². The van der Waals surface area contributed by atoms with Crippen LogP contribution in [0.3, 0.4) is 0 Å². The van der Waals surface area contributed by atoms with E-state index in [-0.39, 0.29) is 6.61 Å². The van der Waals surface area contributed by atoms with E-state index >= 15 is 0 Å². The molecule has 4 nitrogen and oxygen atoms in total. The second-order valence-electron chi connectivity index (χ2n) is 5.22. The molecule has 0 amide bonds. The molecule has 106 valence electrons. The van der Waals surface area contributed by atoms with Crippen molar-refractivity contribution in [1.29, 1.82) is 0 Å². The first-order valence-corrected chi connectivity index (χ1v) is 7.37. The number of rotatable bonds is 5. The van der Waals surface area contributed by atoms with Crippen molar-refractivity contribution in [1.82, 2.24) is 9.88 Å². The van der Waals surface area contributed by atoms with Crippen LogP contribution < -0.4 is 5.32 Å². The smallest absolute Gasteiger partial charge is 0.0587 e. The fraction of sp³-hybridized carbons (Fsp3) is 0.667. The first-order valence-electron chi connectivity index (χ1n) is 7.37. The molecule has 0 saturated carbocycles. The molecule has 19 heavy (non-hydrogen) atoms. The molecular formula is C15H25N3O. The third kappa shape index (κ3) is 4.18. The SMILES string of the molecule is CCNc1ccnc(CN2CCCCCC2CO)c1. The lowest BCUT2D eigenvalue weighted by atomic mass is 10.1. The first-order chi connectivity index (χ1) is 9.33. The van der Waals surface area contributed by atoms with Crippen molar-refractivity contribution in [3.8, 4) is 0 Å². The fourth-order valence-corrected chi connectivity index (χ4v) is 2.74. The number of pyridine rings is 1. The molecule has 0 aliphatic carbocycles. The highest BCUT2D eigenvalue weighted by Crippen LogP contribution is 2.19. The second kappa shape index (κ2) is 7.46. The Balaban J connectivity index is 2.03. The Morgan fingerprint density at radius 3 is 3.11 bits per heavy atom. The van der Waals surface area contributed by atoms with E-state index in [4.69, 9.17) is 0 Å². The van der Waals surface area contributed by atoms with E-state index in [1.54, 1.807) is 0 Å². The molecule has 1 fully saturated rings. The first kappa shape index (κ1) is 14.3. The van der Waals surface area contributed by atoms with Crippen LogP contribution in [0, 0.1) is 0 Å². The number of aromatic nitrogens is 1. The minimum Gasteiger partial charge on any atom is -0.395 e. The number of nitrogens with one attached hydrogen (secondary N) is 1. The summed E-state index contributed by atoms with van der Waals surface area (Å²) in [5, 5.41) is 12.8. The maximum absolute atomic E-state index is 9.53. The van der Waals surface area contributed by atoms with Gasteiger partial charge < -0.3 is 10.4 Å². The van der Waals surface area contributed by atoms with Gasteiger partial charge in [0.2, 0.25) is 0 Å². The molecule has 1 unspecified atom stereocenters. The topological polar surface area (TPSA) is 48.4 Å². The zero-order valence-electron chi connectivity index (χ0n) is 11.8. The van der Waals surface area contributed by atoms with Gasteiger partial charge in [0.25, 0.3) is 0 Å². The molecule has 1 atom stereocenters. The van der Waals surface area contributed by atoms with Crippen LogP contribution in [0.1, 0.15) is 38.3 Å². The predicted molar refractivity (Wildman–Crippen MR) is 78.2 cm³/mol. The molecule has 2 N–H and O–H groups in total. The second-order valence-corrected chi connectivity index (χ2v) is 5.22. The Morgan fingerprint density at radius 1 is 1.42 bits per heavy atom. The summed E-state index contributed by atoms with van der Waals surface area (Å²) in [6, 6.07) is 4.41. The average Bonchev–Trinajstić information content (AvgIpc) is 2.64. The van der Waals surface area contributed by atoms with Gasteiger partial charge in [0.05, 0.1) is 12.3 Å². The number of nitrogens with zero attached hydrogens (tertiary/aromatic N) is 2. The summed E-state index contributed by atoms with van der Waals surface area (Å²) >= 11 is 0. The molecule has 1 aliphatic heterocycles. The van der Waals surface area contributed by atoms with Gasteiger partial charge in [-0.3, -0.25) is 9.88 Å². The lowest BCUT2D eigenvalue weighted by Gasteiger charge is -2.28. The number of anilines is 1. The molecule has 0 radical (unpaired) electrons. The van der Waals surface area contributed by atoms with Crippen LogP contribution in [-0.4, -0.2) is 40.7 Å². The summed E-state index contributed by atoms with van der Waals surface area (Å²) in [5.74, 6) is 0. The lowest BCUT2D eigenvalue weighted by Crippen LogP contribution is -2.37. The van der Waals surface area contributed by atoms with Gasteiger partial charge in [0.1, 0.15) is 0 Å². The highest BCUT2D eigenvalue weighted by atomic mass is 16.3. The summed E-state index contributed by atoms with van der Waals surface area (Å²) in [6.45, 7) is 5.18. The van der Waals surface area contributed by atoms with Gasteiger partial charge in [-0.05, 0) is 38.4 Å². The van der Waals surface area contributed by atoms with Gasteiger partial charge in [0.15, 0.2) is 0 Å². The van der Waals surface area contributed by atoms with Crippen molar-refractivity contribution < 1.29 is 5.11 Å². The van der Waals surface area contributed by atoms with Crippen LogP contribution >= 0.6 is 0 Å². The van der Waals surface area contributed by atoms with Gasteiger partial charge in [-0.15, -0.1) is 0 Å². The molecule has 1 aliphatic rings.